The van der Waals surface area contributed by atoms with Crippen LogP contribution in [0.4, 0.5) is 0 Å². The molecule has 0 amide bonds. The highest BCUT2D eigenvalue weighted by atomic mass is 16.1. The van der Waals surface area contributed by atoms with Crippen LogP contribution in [-0.2, 0) is 11.8 Å². The molecule has 96 valence electrons. The van der Waals surface area contributed by atoms with Gasteiger partial charge >= 0.3 is 0 Å². The maximum absolute atomic E-state index is 12.6. The number of hydrogen-bond donors (Lipinski definition) is 0. The predicted molar refractivity (Wildman–Crippen MR) is 77.8 cm³/mol. The Morgan fingerprint density at radius 1 is 0.895 bits per heavy atom. The maximum atomic E-state index is 12.6. The molecule has 0 heterocycles. The van der Waals surface area contributed by atoms with E-state index in [1.165, 1.54) is 5.56 Å². The van der Waals surface area contributed by atoms with Crippen molar-refractivity contribution in [3.8, 4) is 0 Å². The Hall–Kier alpha value is -1.89. The SMILES string of the molecule is CC(C)(C)c1ccc2c(c1)C(=O)c1ccccc1C2. The zero-order valence-electron chi connectivity index (χ0n) is 11.7. The van der Waals surface area contributed by atoms with Crippen LogP contribution in [0.2, 0.25) is 0 Å². The number of rotatable bonds is 0. The highest BCUT2D eigenvalue weighted by Gasteiger charge is 2.24. The van der Waals surface area contributed by atoms with Crippen molar-refractivity contribution in [1.29, 1.82) is 0 Å². The van der Waals surface area contributed by atoms with Gasteiger partial charge in [-0.1, -0.05) is 57.2 Å². The lowest BCUT2D eigenvalue weighted by atomic mass is 9.80. The Morgan fingerprint density at radius 2 is 1.58 bits per heavy atom. The third-order valence-corrected chi connectivity index (χ3v) is 3.86. The molecule has 0 saturated heterocycles. The largest absolute Gasteiger partial charge is 0.289 e. The second kappa shape index (κ2) is 4.06. The molecule has 3 rings (SSSR count). The fourth-order valence-electron chi connectivity index (χ4n) is 2.65. The van der Waals surface area contributed by atoms with Crippen LogP contribution in [0, 0.1) is 0 Å². The van der Waals surface area contributed by atoms with Crippen molar-refractivity contribution in [1.82, 2.24) is 0 Å². The summed E-state index contributed by atoms with van der Waals surface area (Å²) < 4.78 is 0. The van der Waals surface area contributed by atoms with Crippen molar-refractivity contribution in [2.24, 2.45) is 0 Å². The summed E-state index contributed by atoms with van der Waals surface area (Å²) in [7, 11) is 0. The van der Waals surface area contributed by atoms with Crippen LogP contribution in [0.1, 0.15) is 53.4 Å². The van der Waals surface area contributed by atoms with Gasteiger partial charge in [0.1, 0.15) is 0 Å². The van der Waals surface area contributed by atoms with Crippen molar-refractivity contribution in [2.75, 3.05) is 0 Å². The number of carbonyl (C=O) groups excluding carboxylic acids is 1. The topological polar surface area (TPSA) is 17.1 Å². The lowest BCUT2D eigenvalue weighted by Gasteiger charge is -2.24. The smallest absolute Gasteiger partial charge is 0.193 e. The first-order chi connectivity index (χ1) is 8.97. The van der Waals surface area contributed by atoms with E-state index < -0.39 is 0 Å². The van der Waals surface area contributed by atoms with Crippen LogP contribution in [0.25, 0.3) is 0 Å². The zero-order valence-corrected chi connectivity index (χ0v) is 11.7. The molecule has 1 aliphatic rings. The van der Waals surface area contributed by atoms with E-state index >= 15 is 0 Å². The summed E-state index contributed by atoms with van der Waals surface area (Å²) in [5.41, 5.74) is 5.33. The minimum absolute atomic E-state index is 0.0757. The molecule has 0 radical (unpaired) electrons. The number of fused-ring (bicyclic) bond motifs is 2. The Bertz CT molecular complexity index is 660. The van der Waals surface area contributed by atoms with Crippen molar-refractivity contribution in [3.05, 3.63) is 70.3 Å². The molecular weight excluding hydrogens is 232 g/mol. The first-order valence-electron chi connectivity index (χ1n) is 6.73. The predicted octanol–water partition coefficient (Wildman–Crippen LogP) is 4.12. The summed E-state index contributed by atoms with van der Waals surface area (Å²) in [6.07, 6.45) is 0.863. The van der Waals surface area contributed by atoms with E-state index in [0.717, 1.165) is 28.7 Å². The minimum atomic E-state index is 0.0757. The Balaban J connectivity index is 2.14. The van der Waals surface area contributed by atoms with Gasteiger partial charge in [-0.2, -0.15) is 0 Å². The Labute approximate surface area is 114 Å². The average molecular weight is 250 g/mol. The summed E-state index contributed by atoms with van der Waals surface area (Å²) in [4.78, 5) is 12.6. The van der Waals surface area contributed by atoms with Gasteiger partial charge in [-0.05, 0) is 34.6 Å². The average Bonchev–Trinajstić information content (AvgIpc) is 2.37. The van der Waals surface area contributed by atoms with E-state index in [2.05, 4.69) is 39.0 Å². The second-order valence-electron chi connectivity index (χ2n) is 6.28. The molecular formula is C18H18O. The van der Waals surface area contributed by atoms with Gasteiger partial charge in [-0.25, -0.2) is 0 Å². The second-order valence-corrected chi connectivity index (χ2v) is 6.28. The number of ketones is 1. The third kappa shape index (κ3) is 1.99. The van der Waals surface area contributed by atoms with Gasteiger partial charge in [-0.3, -0.25) is 4.79 Å². The van der Waals surface area contributed by atoms with E-state index in [9.17, 15) is 4.79 Å². The molecule has 0 bridgehead atoms. The monoisotopic (exact) mass is 250 g/mol. The zero-order chi connectivity index (χ0) is 13.6. The summed E-state index contributed by atoms with van der Waals surface area (Å²) in [6.45, 7) is 6.53. The van der Waals surface area contributed by atoms with Crippen molar-refractivity contribution >= 4 is 5.78 Å². The summed E-state index contributed by atoms with van der Waals surface area (Å²) in [5, 5.41) is 0. The van der Waals surface area contributed by atoms with E-state index in [0.29, 0.717) is 0 Å². The van der Waals surface area contributed by atoms with Gasteiger partial charge in [0.2, 0.25) is 0 Å². The Morgan fingerprint density at radius 3 is 2.32 bits per heavy atom. The highest BCUT2D eigenvalue weighted by Crippen LogP contribution is 2.31. The molecule has 0 spiro atoms. The van der Waals surface area contributed by atoms with Crippen LogP contribution in [0.3, 0.4) is 0 Å². The molecule has 0 unspecified atom stereocenters. The van der Waals surface area contributed by atoms with E-state index in [-0.39, 0.29) is 11.2 Å². The highest BCUT2D eigenvalue weighted by molar-refractivity contribution is 6.12. The molecule has 2 aromatic carbocycles. The third-order valence-electron chi connectivity index (χ3n) is 3.86. The van der Waals surface area contributed by atoms with E-state index in [1.807, 2.05) is 24.3 Å². The van der Waals surface area contributed by atoms with Crippen LogP contribution in [0.15, 0.2) is 42.5 Å². The standard InChI is InChI=1S/C18H18O/c1-18(2,3)14-9-8-13-10-12-6-4-5-7-15(12)17(19)16(13)11-14/h4-9,11H,10H2,1-3H3. The quantitative estimate of drug-likeness (QED) is 0.586. The van der Waals surface area contributed by atoms with Gasteiger partial charge in [0.25, 0.3) is 0 Å². The minimum Gasteiger partial charge on any atom is -0.289 e. The van der Waals surface area contributed by atoms with Gasteiger partial charge in [0, 0.05) is 11.1 Å². The number of hydrogen-bond acceptors (Lipinski definition) is 1. The maximum Gasteiger partial charge on any atom is 0.193 e. The van der Waals surface area contributed by atoms with Gasteiger partial charge in [-0.15, -0.1) is 0 Å². The molecule has 0 N–H and O–H groups in total. The molecule has 0 saturated carbocycles. The van der Waals surface area contributed by atoms with Crippen LogP contribution in [0.5, 0.6) is 0 Å². The molecule has 2 aromatic rings. The van der Waals surface area contributed by atoms with Crippen molar-refractivity contribution < 1.29 is 4.79 Å². The summed E-state index contributed by atoms with van der Waals surface area (Å²) in [6, 6.07) is 14.3. The Kier molecular flexibility index (Phi) is 2.60. The van der Waals surface area contributed by atoms with Crippen LogP contribution in [-0.4, -0.2) is 5.78 Å². The van der Waals surface area contributed by atoms with Gasteiger partial charge in [0.15, 0.2) is 5.78 Å². The van der Waals surface area contributed by atoms with E-state index in [4.69, 9.17) is 0 Å². The fourth-order valence-corrected chi connectivity index (χ4v) is 2.65. The first kappa shape index (κ1) is 12.2. The lowest BCUT2D eigenvalue weighted by molar-refractivity contribution is 0.103. The molecule has 0 aliphatic heterocycles. The normalized spacial score (nSPS) is 13.9. The van der Waals surface area contributed by atoms with Crippen molar-refractivity contribution in [3.63, 3.8) is 0 Å². The molecule has 19 heavy (non-hydrogen) atoms. The molecule has 1 nitrogen and oxygen atoms in total. The fraction of sp³-hybridized carbons (Fsp3) is 0.278. The molecule has 0 atom stereocenters. The number of carbonyl (C=O) groups is 1. The molecule has 0 aromatic heterocycles. The molecule has 0 fully saturated rings. The van der Waals surface area contributed by atoms with Gasteiger partial charge in [0.05, 0.1) is 0 Å². The summed E-state index contributed by atoms with van der Waals surface area (Å²) >= 11 is 0. The van der Waals surface area contributed by atoms with Crippen molar-refractivity contribution in [2.45, 2.75) is 32.6 Å². The summed E-state index contributed by atoms with van der Waals surface area (Å²) in [5.74, 6) is 0.169. The lowest BCUT2D eigenvalue weighted by Crippen LogP contribution is -2.18. The number of benzene rings is 2. The van der Waals surface area contributed by atoms with E-state index in [1.54, 1.807) is 0 Å². The first-order valence-corrected chi connectivity index (χ1v) is 6.73. The molecule has 1 heteroatoms. The van der Waals surface area contributed by atoms with Crippen LogP contribution >= 0.6 is 0 Å². The van der Waals surface area contributed by atoms with Crippen LogP contribution < -0.4 is 0 Å². The van der Waals surface area contributed by atoms with Gasteiger partial charge < -0.3 is 0 Å². The molecule has 1 aliphatic carbocycles.